The van der Waals surface area contributed by atoms with Crippen molar-refractivity contribution in [1.29, 1.82) is 0 Å². The lowest BCUT2D eigenvalue weighted by Gasteiger charge is -2.38. The van der Waals surface area contributed by atoms with Gasteiger partial charge in [-0.25, -0.2) is 4.98 Å². The summed E-state index contributed by atoms with van der Waals surface area (Å²) in [5.41, 5.74) is 0. The molecule has 9 heteroatoms. The third kappa shape index (κ3) is 3.62. The van der Waals surface area contributed by atoms with Gasteiger partial charge < -0.3 is 4.74 Å². The molecule has 0 bridgehead atoms. The van der Waals surface area contributed by atoms with E-state index in [-0.39, 0.29) is 29.1 Å². The molecule has 2 aromatic heterocycles. The third-order valence-electron chi connectivity index (χ3n) is 5.21. The highest BCUT2D eigenvalue weighted by Gasteiger charge is 2.44. The topological polar surface area (TPSA) is 77.3 Å². The van der Waals surface area contributed by atoms with Gasteiger partial charge in [-0.15, -0.1) is 16.4 Å². The van der Waals surface area contributed by atoms with Crippen LogP contribution in [-0.2, 0) is 16.0 Å². The number of aromatic nitrogens is 3. The summed E-state index contributed by atoms with van der Waals surface area (Å²) in [5.74, 6) is 0.399. The first-order valence-corrected chi connectivity index (χ1v) is 11.5. The molecule has 4 heterocycles. The SMILES string of the molecule is CCOC(=O)C1CCCN(C(c2cccs2)C2Sc3nc(CC)nn3C2=O)C1. The molecule has 3 unspecified atom stereocenters. The van der Waals surface area contributed by atoms with Crippen molar-refractivity contribution in [3.63, 3.8) is 0 Å². The number of fused-ring (bicyclic) bond motifs is 1. The molecule has 0 radical (unpaired) electrons. The van der Waals surface area contributed by atoms with Gasteiger partial charge >= 0.3 is 5.97 Å². The third-order valence-corrected chi connectivity index (χ3v) is 7.34. The van der Waals surface area contributed by atoms with Gasteiger partial charge in [0.25, 0.3) is 5.91 Å². The van der Waals surface area contributed by atoms with Gasteiger partial charge in [0.1, 0.15) is 5.25 Å². The number of nitrogens with zero attached hydrogens (tertiary/aromatic N) is 4. The van der Waals surface area contributed by atoms with E-state index in [1.807, 2.05) is 25.3 Å². The molecule has 0 amide bonds. The molecule has 2 aliphatic heterocycles. The zero-order valence-electron chi connectivity index (χ0n) is 16.0. The molecule has 2 aliphatic rings. The zero-order chi connectivity index (χ0) is 19.7. The molecule has 0 saturated carbocycles. The Morgan fingerprint density at radius 1 is 1.43 bits per heavy atom. The van der Waals surface area contributed by atoms with E-state index in [0.717, 1.165) is 24.3 Å². The summed E-state index contributed by atoms with van der Waals surface area (Å²) in [6.45, 7) is 5.68. The molecule has 0 aromatic carbocycles. The molecule has 2 aromatic rings. The smallest absolute Gasteiger partial charge is 0.310 e. The van der Waals surface area contributed by atoms with Crippen molar-refractivity contribution in [2.45, 2.75) is 49.6 Å². The fraction of sp³-hybridized carbons (Fsp3) is 0.579. The Balaban J connectivity index is 1.59. The van der Waals surface area contributed by atoms with E-state index in [1.54, 1.807) is 11.3 Å². The van der Waals surface area contributed by atoms with Crippen LogP contribution in [-0.4, -0.2) is 56.5 Å². The lowest BCUT2D eigenvalue weighted by atomic mass is 9.95. The number of piperidine rings is 1. The summed E-state index contributed by atoms with van der Waals surface area (Å²) < 4.78 is 6.71. The van der Waals surface area contributed by atoms with Crippen LogP contribution in [0, 0.1) is 5.92 Å². The van der Waals surface area contributed by atoms with Crippen LogP contribution in [0.2, 0.25) is 0 Å². The minimum Gasteiger partial charge on any atom is -0.466 e. The predicted molar refractivity (Wildman–Crippen MR) is 108 cm³/mol. The number of carbonyl (C=O) groups excluding carboxylic acids is 2. The molecule has 0 spiro atoms. The van der Waals surface area contributed by atoms with E-state index in [0.29, 0.717) is 30.6 Å². The normalized spacial score (nSPS) is 23.6. The second kappa shape index (κ2) is 8.34. The fourth-order valence-electron chi connectivity index (χ4n) is 3.88. The molecule has 0 aliphatic carbocycles. The molecule has 1 saturated heterocycles. The van der Waals surface area contributed by atoms with Crippen LogP contribution in [0.4, 0.5) is 0 Å². The highest BCUT2D eigenvalue weighted by atomic mass is 32.2. The number of esters is 1. The van der Waals surface area contributed by atoms with Crippen molar-refractivity contribution < 1.29 is 14.3 Å². The maximum absolute atomic E-state index is 13.1. The second-order valence-corrected chi connectivity index (χ2v) is 9.09. The van der Waals surface area contributed by atoms with E-state index >= 15 is 0 Å². The van der Waals surface area contributed by atoms with Gasteiger partial charge in [0.2, 0.25) is 0 Å². The molecule has 7 nitrogen and oxygen atoms in total. The highest BCUT2D eigenvalue weighted by molar-refractivity contribution is 8.01. The second-order valence-electron chi connectivity index (χ2n) is 7.00. The first-order valence-electron chi connectivity index (χ1n) is 9.73. The van der Waals surface area contributed by atoms with Gasteiger partial charge in [0.05, 0.1) is 18.6 Å². The Kier molecular flexibility index (Phi) is 5.84. The van der Waals surface area contributed by atoms with Crippen LogP contribution in [0.15, 0.2) is 22.7 Å². The van der Waals surface area contributed by atoms with Crippen LogP contribution in [0.1, 0.15) is 48.2 Å². The Bertz CT molecular complexity index is 851. The molecule has 28 heavy (non-hydrogen) atoms. The molecule has 150 valence electrons. The fourth-order valence-corrected chi connectivity index (χ4v) is 6.13. The first kappa shape index (κ1) is 19.6. The van der Waals surface area contributed by atoms with Crippen molar-refractivity contribution >= 4 is 35.0 Å². The Morgan fingerprint density at radius 2 is 2.29 bits per heavy atom. The van der Waals surface area contributed by atoms with Crippen LogP contribution < -0.4 is 0 Å². The van der Waals surface area contributed by atoms with Crippen LogP contribution in [0.25, 0.3) is 0 Å². The number of thiophene rings is 1. The number of rotatable bonds is 6. The number of hydrogen-bond donors (Lipinski definition) is 0. The van der Waals surface area contributed by atoms with Gasteiger partial charge in [-0.05, 0) is 37.8 Å². The number of ether oxygens (including phenoxy) is 1. The minimum absolute atomic E-state index is 0.0242. The standard InChI is InChI=1S/C19H24N4O3S2/c1-3-14-20-19-23(21-14)17(24)16(28-19)15(13-8-6-10-27-13)22-9-5-7-12(11-22)18(25)26-4-2/h6,8,10,12,15-16H,3-5,7,9,11H2,1-2H3. The van der Waals surface area contributed by atoms with Gasteiger partial charge in [-0.3, -0.25) is 14.5 Å². The molecular weight excluding hydrogens is 396 g/mol. The van der Waals surface area contributed by atoms with E-state index < -0.39 is 0 Å². The van der Waals surface area contributed by atoms with Crippen LogP contribution >= 0.6 is 23.1 Å². The summed E-state index contributed by atoms with van der Waals surface area (Å²) in [4.78, 5) is 33.4. The van der Waals surface area contributed by atoms with Gasteiger partial charge in [0, 0.05) is 17.8 Å². The summed E-state index contributed by atoms with van der Waals surface area (Å²) in [5, 5.41) is 6.76. The van der Waals surface area contributed by atoms with Crippen LogP contribution in [0.3, 0.4) is 0 Å². The van der Waals surface area contributed by atoms with E-state index in [9.17, 15) is 9.59 Å². The summed E-state index contributed by atoms with van der Waals surface area (Å²) in [6, 6.07) is 3.99. The van der Waals surface area contributed by atoms with Gasteiger partial charge in [-0.1, -0.05) is 24.8 Å². The molecule has 0 N–H and O–H groups in total. The number of carbonyl (C=O) groups is 2. The van der Waals surface area contributed by atoms with Crippen molar-refractivity contribution in [2.24, 2.45) is 5.92 Å². The first-order chi connectivity index (χ1) is 13.6. The lowest BCUT2D eigenvalue weighted by molar-refractivity contribution is -0.150. The maximum Gasteiger partial charge on any atom is 0.310 e. The van der Waals surface area contributed by atoms with Crippen molar-refractivity contribution in [3.05, 3.63) is 28.2 Å². The predicted octanol–water partition coefficient (Wildman–Crippen LogP) is 3.03. The van der Waals surface area contributed by atoms with Crippen molar-refractivity contribution in [1.82, 2.24) is 19.7 Å². The number of hydrogen-bond acceptors (Lipinski definition) is 8. The monoisotopic (exact) mass is 420 g/mol. The van der Waals surface area contributed by atoms with E-state index in [4.69, 9.17) is 4.74 Å². The average Bonchev–Trinajstić information content (AvgIpc) is 3.42. The summed E-state index contributed by atoms with van der Waals surface area (Å²) in [7, 11) is 0. The van der Waals surface area contributed by atoms with Crippen LogP contribution in [0.5, 0.6) is 0 Å². The quantitative estimate of drug-likeness (QED) is 0.665. The average molecular weight is 421 g/mol. The van der Waals surface area contributed by atoms with Gasteiger partial charge in [-0.2, -0.15) is 4.68 Å². The molecule has 4 rings (SSSR count). The highest BCUT2D eigenvalue weighted by Crippen LogP contribution is 2.43. The Hall–Kier alpha value is -1.71. The lowest BCUT2D eigenvalue weighted by Crippen LogP contribution is -2.45. The van der Waals surface area contributed by atoms with Crippen molar-refractivity contribution in [3.8, 4) is 0 Å². The van der Waals surface area contributed by atoms with Crippen molar-refractivity contribution in [2.75, 3.05) is 19.7 Å². The minimum atomic E-state index is -0.305. The number of thioether (sulfide) groups is 1. The number of likely N-dealkylation sites (tertiary alicyclic amines) is 1. The molecular formula is C19H24N4O3S2. The van der Waals surface area contributed by atoms with E-state index in [1.165, 1.54) is 16.4 Å². The molecule has 3 atom stereocenters. The van der Waals surface area contributed by atoms with Gasteiger partial charge in [0.15, 0.2) is 11.0 Å². The Labute approximate surface area is 172 Å². The Morgan fingerprint density at radius 3 is 2.96 bits per heavy atom. The zero-order valence-corrected chi connectivity index (χ0v) is 17.7. The summed E-state index contributed by atoms with van der Waals surface area (Å²) in [6.07, 6.45) is 2.46. The van der Waals surface area contributed by atoms with E-state index in [2.05, 4.69) is 21.0 Å². The molecule has 1 fully saturated rings. The largest absolute Gasteiger partial charge is 0.466 e. The maximum atomic E-state index is 13.1. The number of aryl methyl sites for hydroxylation is 1. The summed E-state index contributed by atoms with van der Waals surface area (Å²) >= 11 is 3.14.